The summed E-state index contributed by atoms with van der Waals surface area (Å²) in [5, 5.41) is 11.2. The van der Waals surface area contributed by atoms with E-state index < -0.39 is 0 Å². The molecule has 1 aliphatic carbocycles. The molecule has 1 fully saturated rings. The van der Waals surface area contributed by atoms with Crippen molar-refractivity contribution < 1.29 is 9.15 Å². The van der Waals surface area contributed by atoms with Gasteiger partial charge in [-0.15, -0.1) is 5.10 Å². The third kappa shape index (κ3) is 3.98. The van der Waals surface area contributed by atoms with Gasteiger partial charge in [0.2, 0.25) is 5.89 Å². The van der Waals surface area contributed by atoms with Gasteiger partial charge in [-0.3, -0.25) is 0 Å². The molecule has 6 nitrogen and oxygen atoms in total. The maximum Gasteiger partial charge on any atom is 0.317 e. The molecular formula is C11H20N4O2. The standard InChI is InChI=1S/C11H20N4O2/c1-15(8-9-3-4-9)11-14-13-10(17-11)7-12-5-6-16-2/h9,12H,3-8H2,1-2H3. The minimum absolute atomic E-state index is 0.591. The molecule has 0 atom stereocenters. The molecule has 2 rings (SSSR count). The van der Waals surface area contributed by atoms with E-state index in [4.69, 9.17) is 9.15 Å². The van der Waals surface area contributed by atoms with E-state index in [1.165, 1.54) is 12.8 Å². The second-order valence-electron chi connectivity index (χ2n) is 4.47. The molecule has 1 saturated carbocycles. The number of rotatable bonds is 8. The third-order valence-corrected chi connectivity index (χ3v) is 2.77. The second kappa shape index (κ2) is 5.97. The maximum absolute atomic E-state index is 5.55. The zero-order chi connectivity index (χ0) is 12.1. The molecule has 1 aliphatic rings. The van der Waals surface area contributed by atoms with Crippen molar-refractivity contribution in [1.82, 2.24) is 15.5 Å². The van der Waals surface area contributed by atoms with Crippen LogP contribution in [0.3, 0.4) is 0 Å². The van der Waals surface area contributed by atoms with Gasteiger partial charge in [-0.2, -0.15) is 0 Å². The summed E-state index contributed by atoms with van der Waals surface area (Å²) in [4.78, 5) is 2.03. The third-order valence-electron chi connectivity index (χ3n) is 2.77. The van der Waals surface area contributed by atoms with E-state index in [9.17, 15) is 0 Å². The number of methoxy groups -OCH3 is 1. The van der Waals surface area contributed by atoms with E-state index in [0.29, 0.717) is 25.1 Å². The summed E-state index contributed by atoms with van der Waals surface area (Å²) < 4.78 is 10.5. The van der Waals surface area contributed by atoms with Gasteiger partial charge in [-0.25, -0.2) is 0 Å². The van der Waals surface area contributed by atoms with Gasteiger partial charge in [0.25, 0.3) is 0 Å². The zero-order valence-electron chi connectivity index (χ0n) is 10.5. The van der Waals surface area contributed by atoms with Crippen LogP contribution in [0.1, 0.15) is 18.7 Å². The highest BCUT2D eigenvalue weighted by molar-refractivity contribution is 5.22. The van der Waals surface area contributed by atoms with Gasteiger partial charge in [-0.05, 0) is 18.8 Å². The molecule has 96 valence electrons. The number of aromatic nitrogens is 2. The van der Waals surface area contributed by atoms with Crippen LogP contribution in [0.15, 0.2) is 4.42 Å². The Balaban J connectivity index is 1.74. The van der Waals surface area contributed by atoms with Crippen LogP contribution < -0.4 is 10.2 Å². The number of hydrogen-bond acceptors (Lipinski definition) is 6. The van der Waals surface area contributed by atoms with Crippen molar-refractivity contribution in [3.8, 4) is 0 Å². The van der Waals surface area contributed by atoms with Crippen LogP contribution in [0.2, 0.25) is 0 Å². The molecule has 6 heteroatoms. The number of hydrogen-bond donors (Lipinski definition) is 1. The van der Waals surface area contributed by atoms with Crippen molar-refractivity contribution in [2.24, 2.45) is 5.92 Å². The molecular weight excluding hydrogens is 220 g/mol. The lowest BCUT2D eigenvalue weighted by molar-refractivity contribution is 0.198. The highest BCUT2D eigenvalue weighted by atomic mass is 16.5. The summed E-state index contributed by atoms with van der Waals surface area (Å²) in [5.41, 5.74) is 0. The minimum atomic E-state index is 0.591. The number of anilines is 1. The van der Waals surface area contributed by atoms with Crippen LogP contribution in [-0.4, -0.2) is 44.1 Å². The molecule has 0 bridgehead atoms. The first-order chi connectivity index (χ1) is 8.29. The Hall–Kier alpha value is -1.14. The molecule has 1 heterocycles. The van der Waals surface area contributed by atoms with Crippen molar-refractivity contribution in [2.45, 2.75) is 19.4 Å². The van der Waals surface area contributed by atoms with Gasteiger partial charge >= 0.3 is 6.01 Å². The highest BCUT2D eigenvalue weighted by Gasteiger charge is 2.24. The fraction of sp³-hybridized carbons (Fsp3) is 0.818. The largest absolute Gasteiger partial charge is 0.407 e. The lowest BCUT2D eigenvalue weighted by Gasteiger charge is -2.12. The predicted molar refractivity (Wildman–Crippen MR) is 63.9 cm³/mol. The molecule has 17 heavy (non-hydrogen) atoms. The average molecular weight is 240 g/mol. The Bertz CT molecular complexity index is 338. The van der Waals surface area contributed by atoms with Gasteiger partial charge in [0.05, 0.1) is 13.2 Å². The Morgan fingerprint density at radius 3 is 3.00 bits per heavy atom. The van der Waals surface area contributed by atoms with Crippen molar-refractivity contribution in [1.29, 1.82) is 0 Å². The van der Waals surface area contributed by atoms with Crippen LogP contribution in [0.4, 0.5) is 6.01 Å². The van der Waals surface area contributed by atoms with E-state index in [-0.39, 0.29) is 0 Å². The number of nitrogens with one attached hydrogen (secondary N) is 1. The van der Waals surface area contributed by atoms with Crippen LogP contribution in [0.25, 0.3) is 0 Å². The smallest absolute Gasteiger partial charge is 0.317 e. The van der Waals surface area contributed by atoms with Crippen LogP contribution in [0, 0.1) is 5.92 Å². The lowest BCUT2D eigenvalue weighted by atomic mass is 10.4. The molecule has 0 spiro atoms. The maximum atomic E-state index is 5.55. The van der Waals surface area contributed by atoms with Crippen molar-refractivity contribution in [2.75, 3.05) is 38.8 Å². The first kappa shape index (κ1) is 12.3. The fourth-order valence-corrected chi connectivity index (χ4v) is 1.61. The van der Waals surface area contributed by atoms with Gasteiger partial charge in [0, 0.05) is 27.2 Å². The highest BCUT2D eigenvalue weighted by Crippen LogP contribution is 2.30. The topological polar surface area (TPSA) is 63.4 Å². The Morgan fingerprint density at radius 2 is 2.29 bits per heavy atom. The molecule has 0 aliphatic heterocycles. The SMILES string of the molecule is COCCNCc1nnc(N(C)CC2CC2)o1. The molecule has 0 amide bonds. The normalized spacial score (nSPS) is 15.2. The monoisotopic (exact) mass is 240 g/mol. The molecule has 0 saturated heterocycles. The molecule has 1 aromatic heterocycles. The summed E-state index contributed by atoms with van der Waals surface area (Å²) in [6.07, 6.45) is 2.65. The average Bonchev–Trinajstić information content (AvgIpc) is 3.00. The summed E-state index contributed by atoms with van der Waals surface area (Å²) in [5.74, 6) is 1.44. The molecule has 0 aromatic carbocycles. The summed E-state index contributed by atoms with van der Waals surface area (Å²) in [6.45, 7) is 3.07. The minimum Gasteiger partial charge on any atom is -0.407 e. The first-order valence-electron chi connectivity index (χ1n) is 6.02. The van der Waals surface area contributed by atoms with Crippen molar-refractivity contribution in [3.05, 3.63) is 5.89 Å². The second-order valence-corrected chi connectivity index (χ2v) is 4.47. The molecule has 0 radical (unpaired) electrons. The predicted octanol–water partition coefficient (Wildman–Crippen LogP) is 0.652. The van der Waals surface area contributed by atoms with Crippen molar-refractivity contribution >= 4 is 6.01 Å². The van der Waals surface area contributed by atoms with Gasteiger partial charge in [0.15, 0.2) is 0 Å². The lowest BCUT2D eigenvalue weighted by Crippen LogP contribution is -2.20. The zero-order valence-corrected chi connectivity index (χ0v) is 10.5. The van der Waals surface area contributed by atoms with E-state index in [0.717, 1.165) is 19.0 Å². The van der Waals surface area contributed by atoms with E-state index >= 15 is 0 Å². The molecule has 0 unspecified atom stereocenters. The fourth-order valence-electron chi connectivity index (χ4n) is 1.61. The first-order valence-corrected chi connectivity index (χ1v) is 6.02. The summed E-state index contributed by atoms with van der Waals surface area (Å²) >= 11 is 0. The number of nitrogens with zero attached hydrogens (tertiary/aromatic N) is 3. The van der Waals surface area contributed by atoms with E-state index in [1.807, 2.05) is 11.9 Å². The van der Waals surface area contributed by atoms with Crippen LogP contribution in [0.5, 0.6) is 0 Å². The Labute approximate surface area is 101 Å². The van der Waals surface area contributed by atoms with Gasteiger partial charge in [-0.1, -0.05) is 5.10 Å². The Morgan fingerprint density at radius 1 is 1.47 bits per heavy atom. The quantitative estimate of drug-likeness (QED) is 0.673. The number of ether oxygens (including phenoxy) is 1. The van der Waals surface area contributed by atoms with Gasteiger partial charge < -0.3 is 19.4 Å². The van der Waals surface area contributed by atoms with E-state index in [1.54, 1.807) is 7.11 Å². The summed E-state index contributed by atoms with van der Waals surface area (Å²) in [7, 11) is 3.67. The van der Waals surface area contributed by atoms with Crippen LogP contribution in [-0.2, 0) is 11.3 Å². The van der Waals surface area contributed by atoms with Gasteiger partial charge in [0.1, 0.15) is 0 Å². The van der Waals surface area contributed by atoms with Crippen molar-refractivity contribution in [3.63, 3.8) is 0 Å². The van der Waals surface area contributed by atoms with Crippen LogP contribution >= 0.6 is 0 Å². The van der Waals surface area contributed by atoms with E-state index in [2.05, 4.69) is 15.5 Å². The molecule has 1 aromatic rings. The summed E-state index contributed by atoms with van der Waals surface area (Å²) in [6, 6.07) is 0.612. The molecule has 1 N–H and O–H groups in total. The Kier molecular flexibility index (Phi) is 4.33.